The van der Waals surface area contributed by atoms with Crippen LogP contribution in [0, 0.1) is 0 Å². The van der Waals surface area contributed by atoms with Crippen LogP contribution >= 0.6 is 11.8 Å². The SMILES string of the molecule is O=C(NCCN1C(=O)S/C(=C\c2ccc3c(c2)OCO3)C1=O)c1n[nH]c2ccccc12. The van der Waals surface area contributed by atoms with Crippen LogP contribution in [-0.2, 0) is 4.79 Å². The van der Waals surface area contributed by atoms with E-state index in [0.29, 0.717) is 21.8 Å². The summed E-state index contributed by atoms with van der Waals surface area (Å²) in [6.07, 6.45) is 1.64. The van der Waals surface area contributed by atoms with E-state index in [4.69, 9.17) is 9.47 Å². The van der Waals surface area contributed by atoms with E-state index in [2.05, 4.69) is 15.5 Å². The molecule has 2 aliphatic rings. The third-order valence-electron chi connectivity index (χ3n) is 4.87. The number of hydrogen-bond acceptors (Lipinski definition) is 7. The van der Waals surface area contributed by atoms with Crippen molar-refractivity contribution < 1.29 is 23.9 Å². The van der Waals surface area contributed by atoms with Gasteiger partial charge in [0.2, 0.25) is 6.79 Å². The average Bonchev–Trinajstić information content (AvgIpc) is 3.47. The van der Waals surface area contributed by atoms with E-state index in [-0.39, 0.29) is 36.7 Å². The number of hydrogen-bond donors (Lipinski definition) is 2. The average molecular weight is 436 g/mol. The van der Waals surface area contributed by atoms with Gasteiger partial charge in [-0.15, -0.1) is 0 Å². The number of thioether (sulfide) groups is 1. The lowest BCUT2D eigenvalue weighted by atomic mass is 10.2. The number of para-hydroxylation sites is 1. The Hall–Kier alpha value is -3.79. The maximum absolute atomic E-state index is 12.7. The molecule has 1 aromatic heterocycles. The summed E-state index contributed by atoms with van der Waals surface area (Å²) in [5.41, 5.74) is 1.76. The molecule has 1 fully saturated rings. The highest BCUT2D eigenvalue weighted by atomic mass is 32.2. The van der Waals surface area contributed by atoms with Crippen LogP contribution < -0.4 is 14.8 Å². The normalized spacial score (nSPS) is 16.5. The molecule has 1 saturated heterocycles. The van der Waals surface area contributed by atoms with Crippen LogP contribution in [0.2, 0.25) is 0 Å². The second-order valence-electron chi connectivity index (χ2n) is 6.82. The summed E-state index contributed by atoms with van der Waals surface area (Å²) in [7, 11) is 0. The van der Waals surface area contributed by atoms with Gasteiger partial charge >= 0.3 is 0 Å². The minimum absolute atomic E-state index is 0.0667. The van der Waals surface area contributed by atoms with Crippen LogP contribution in [0.3, 0.4) is 0 Å². The summed E-state index contributed by atoms with van der Waals surface area (Å²) < 4.78 is 10.6. The molecule has 3 aromatic rings. The predicted molar refractivity (Wildman–Crippen MR) is 114 cm³/mol. The van der Waals surface area contributed by atoms with Gasteiger partial charge in [-0.3, -0.25) is 24.4 Å². The summed E-state index contributed by atoms with van der Waals surface area (Å²) >= 11 is 0.865. The number of nitrogens with one attached hydrogen (secondary N) is 2. The number of amides is 3. The Kier molecular flexibility index (Phi) is 4.83. The van der Waals surface area contributed by atoms with Gasteiger partial charge in [0.25, 0.3) is 17.1 Å². The number of fused-ring (bicyclic) bond motifs is 2. The zero-order valence-corrected chi connectivity index (χ0v) is 16.9. The number of ether oxygens (including phenoxy) is 2. The molecule has 156 valence electrons. The lowest BCUT2D eigenvalue weighted by Gasteiger charge is -2.12. The molecule has 0 bridgehead atoms. The number of aromatic amines is 1. The molecule has 0 spiro atoms. The first-order valence-electron chi connectivity index (χ1n) is 9.46. The highest BCUT2D eigenvalue weighted by Crippen LogP contribution is 2.36. The van der Waals surface area contributed by atoms with Crippen molar-refractivity contribution in [2.45, 2.75) is 0 Å². The van der Waals surface area contributed by atoms with Crippen molar-refractivity contribution in [2.75, 3.05) is 19.9 Å². The Bertz CT molecular complexity index is 1250. The summed E-state index contributed by atoms with van der Waals surface area (Å²) in [5.74, 6) is 0.472. The maximum Gasteiger partial charge on any atom is 0.293 e. The van der Waals surface area contributed by atoms with Crippen LogP contribution in [-0.4, -0.2) is 52.0 Å². The molecular weight excluding hydrogens is 420 g/mol. The number of imide groups is 1. The molecule has 0 unspecified atom stereocenters. The Morgan fingerprint density at radius 1 is 1.19 bits per heavy atom. The van der Waals surface area contributed by atoms with Crippen molar-refractivity contribution in [2.24, 2.45) is 0 Å². The summed E-state index contributed by atoms with van der Waals surface area (Å²) in [6, 6.07) is 12.6. The van der Waals surface area contributed by atoms with Crippen molar-refractivity contribution in [1.29, 1.82) is 0 Å². The van der Waals surface area contributed by atoms with E-state index >= 15 is 0 Å². The van der Waals surface area contributed by atoms with Crippen LogP contribution in [0.1, 0.15) is 16.1 Å². The molecular formula is C21H16N4O5S. The highest BCUT2D eigenvalue weighted by molar-refractivity contribution is 8.18. The number of H-pyrrole nitrogens is 1. The molecule has 2 aliphatic heterocycles. The third kappa shape index (κ3) is 3.61. The molecule has 2 N–H and O–H groups in total. The molecule has 0 aliphatic carbocycles. The van der Waals surface area contributed by atoms with Gasteiger partial charge in [0.15, 0.2) is 17.2 Å². The number of carbonyl (C=O) groups excluding carboxylic acids is 3. The minimum Gasteiger partial charge on any atom is -0.454 e. The van der Waals surface area contributed by atoms with Gasteiger partial charge in [0.05, 0.1) is 10.4 Å². The molecule has 10 heteroatoms. The quantitative estimate of drug-likeness (QED) is 0.591. The molecule has 3 heterocycles. The monoisotopic (exact) mass is 436 g/mol. The molecule has 0 atom stereocenters. The van der Waals surface area contributed by atoms with Gasteiger partial charge in [-0.05, 0) is 41.6 Å². The second-order valence-corrected chi connectivity index (χ2v) is 7.81. The second kappa shape index (κ2) is 7.80. The molecule has 0 saturated carbocycles. The first kappa shape index (κ1) is 19.2. The standard InChI is InChI=1S/C21H16N4O5S/c26-19(18-13-3-1-2-4-14(13)23-24-18)22-7-8-25-20(27)17(31-21(25)28)10-12-5-6-15-16(9-12)30-11-29-15/h1-6,9-10H,7-8,11H2,(H,22,26)(H,23,24)/b17-10-. The van der Waals surface area contributed by atoms with Gasteiger partial charge < -0.3 is 14.8 Å². The van der Waals surface area contributed by atoms with Crippen molar-refractivity contribution >= 4 is 45.8 Å². The number of benzene rings is 2. The maximum atomic E-state index is 12.7. The largest absolute Gasteiger partial charge is 0.454 e. The van der Waals surface area contributed by atoms with Gasteiger partial charge in [-0.1, -0.05) is 24.3 Å². The molecule has 2 aromatic carbocycles. The Morgan fingerprint density at radius 3 is 2.94 bits per heavy atom. The van der Waals surface area contributed by atoms with E-state index in [9.17, 15) is 14.4 Å². The Morgan fingerprint density at radius 2 is 2.03 bits per heavy atom. The molecule has 5 rings (SSSR count). The first-order valence-corrected chi connectivity index (χ1v) is 10.3. The minimum atomic E-state index is -0.396. The van der Waals surface area contributed by atoms with Crippen molar-refractivity contribution in [1.82, 2.24) is 20.4 Å². The van der Waals surface area contributed by atoms with Crippen molar-refractivity contribution in [3.8, 4) is 11.5 Å². The number of nitrogens with zero attached hydrogens (tertiary/aromatic N) is 2. The lowest BCUT2D eigenvalue weighted by molar-refractivity contribution is -0.122. The zero-order chi connectivity index (χ0) is 21.4. The van der Waals surface area contributed by atoms with Gasteiger partial charge in [0, 0.05) is 18.5 Å². The van der Waals surface area contributed by atoms with E-state index in [1.54, 1.807) is 30.3 Å². The molecule has 31 heavy (non-hydrogen) atoms. The summed E-state index contributed by atoms with van der Waals surface area (Å²) in [5, 5.41) is 9.88. The van der Waals surface area contributed by atoms with Gasteiger partial charge in [-0.25, -0.2) is 0 Å². The van der Waals surface area contributed by atoms with E-state index < -0.39 is 5.91 Å². The fraction of sp³-hybridized carbons (Fsp3) is 0.143. The van der Waals surface area contributed by atoms with Crippen LogP contribution in [0.4, 0.5) is 4.79 Å². The third-order valence-corrected chi connectivity index (χ3v) is 5.78. The van der Waals surface area contributed by atoms with Crippen LogP contribution in [0.5, 0.6) is 11.5 Å². The number of carbonyl (C=O) groups is 3. The van der Waals surface area contributed by atoms with Gasteiger partial charge in [-0.2, -0.15) is 5.10 Å². The fourth-order valence-corrected chi connectivity index (χ4v) is 4.21. The highest BCUT2D eigenvalue weighted by Gasteiger charge is 2.34. The Balaban J connectivity index is 1.22. The molecule has 3 amide bonds. The number of aromatic nitrogens is 2. The molecule has 9 nitrogen and oxygen atoms in total. The van der Waals surface area contributed by atoms with Crippen LogP contribution in [0.25, 0.3) is 17.0 Å². The summed E-state index contributed by atoms with van der Waals surface area (Å²) in [6.45, 7) is 0.349. The number of rotatable bonds is 5. The first-order chi connectivity index (χ1) is 15.1. The summed E-state index contributed by atoms with van der Waals surface area (Å²) in [4.78, 5) is 38.8. The lowest BCUT2D eigenvalue weighted by Crippen LogP contribution is -2.37. The van der Waals surface area contributed by atoms with Gasteiger partial charge in [0.1, 0.15) is 0 Å². The predicted octanol–water partition coefficient (Wildman–Crippen LogP) is 2.76. The van der Waals surface area contributed by atoms with E-state index in [0.717, 1.165) is 27.7 Å². The fourth-order valence-electron chi connectivity index (χ4n) is 3.35. The van der Waals surface area contributed by atoms with Crippen molar-refractivity contribution in [3.05, 3.63) is 58.6 Å². The van der Waals surface area contributed by atoms with E-state index in [1.165, 1.54) is 0 Å². The smallest absolute Gasteiger partial charge is 0.293 e. The van der Waals surface area contributed by atoms with Crippen molar-refractivity contribution in [3.63, 3.8) is 0 Å². The molecule has 0 radical (unpaired) electrons. The topological polar surface area (TPSA) is 114 Å². The van der Waals surface area contributed by atoms with E-state index in [1.807, 2.05) is 18.2 Å². The Labute approximate surface area is 180 Å². The zero-order valence-electron chi connectivity index (χ0n) is 16.1. The van der Waals surface area contributed by atoms with Crippen LogP contribution in [0.15, 0.2) is 47.4 Å².